The lowest BCUT2D eigenvalue weighted by atomic mass is 10.1. The Balaban J connectivity index is 1.94. The highest BCUT2D eigenvalue weighted by atomic mass is 35.5. The van der Waals surface area contributed by atoms with Crippen LogP contribution in [0.5, 0.6) is 0 Å². The van der Waals surface area contributed by atoms with Gasteiger partial charge in [0.2, 0.25) is 5.91 Å². The molecule has 1 aliphatic rings. The molecule has 1 aliphatic heterocycles. The molecule has 0 spiro atoms. The van der Waals surface area contributed by atoms with Gasteiger partial charge in [-0.25, -0.2) is 0 Å². The minimum absolute atomic E-state index is 0.188. The molecule has 1 fully saturated rings. The van der Waals surface area contributed by atoms with E-state index in [1.165, 1.54) is 0 Å². The lowest BCUT2D eigenvalue weighted by Gasteiger charge is -2.36. The third kappa shape index (κ3) is 4.37. The standard InChI is InChI=1S/C17H23ClN4O/c1-3-21(4-2)17(23)13-20-7-9-22(10-8-20)16-6-5-15(18)11-14(16)12-19/h5-6,11H,3-4,7-10,13H2,1-2H3. The molecule has 0 saturated carbocycles. The van der Waals surface area contributed by atoms with Gasteiger partial charge in [0, 0.05) is 44.3 Å². The highest BCUT2D eigenvalue weighted by Crippen LogP contribution is 2.24. The van der Waals surface area contributed by atoms with Crippen LogP contribution in [-0.4, -0.2) is 61.5 Å². The summed E-state index contributed by atoms with van der Waals surface area (Å²) in [5, 5.41) is 9.84. The first-order valence-electron chi connectivity index (χ1n) is 8.03. The topological polar surface area (TPSA) is 50.6 Å². The number of likely N-dealkylation sites (N-methyl/N-ethyl adjacent to an activating group) is 1. The monoisotopic (exact) mass is 334 g/mol. The molecule has 0 aliphatic carbocycles. The quantitative estimate of drug-likeness (QED) is 0.828. The maximum absolute atomic E-state index is 12.2. The zero-order valence-electron chi connectivity index (χ0n) is 13.8. The summed E-state index contributed by atoms with van der Waals surface area (Å²) in [6, 6.07) is 7.62. The molecule has 5 nitrogen and oxygen atoms in total. The maximum atomic E-state index is 12.2. The summed E-state index contributed by atoms with van der Waals surface area (Å²) >= 11 is 5.95. The third-order valence-electron chi connectivity index (χ3n) is 4.27. The lowest BCUT2D eigenvalue weighted by molar-refractivity contribution is -0.132. The Hall–Kier alpha value is -1.77. The second-order valence-corrected chi connectivity index (χ2v) is 6.04. The van der Waals surface area contributed by atoms with Gasteiger partial charge in [-0.3, -0.25) is 9.69 Å². The second-order valence-electron chi connectivity index (χ2n) is 5.60. The Morgan fingerprint density at radius 1 is 1.26 bits per heavy atom. The SMILES string of the molecule is CCN(CC)C(=O)CN1CCN(c2ccc(Cl)cc2C#N)CC1. The van der Waals surface area contributed by atoms with E-state index < -0.39 is 0 Å². The number of piperazine rings is 1. The van der Waals surface area contributed by atoms with Crippen LogP contribution < -0.4 is 4.90 Å². The van der Waals surface area contributed by atoms with Crippen LogP contribution in [0.4, 0.5) is 5.69 Å². The fourth-order valence-corrected chi connectivity index (χ4v) is 3.06. The first kappa shape index (κ1) is 17.6. The number of carbonyl (C=O) groups excluding carboxylic acids is 1. The number of rotatable bonds is 5. The van der Waals surface area contributed by atoms with Gasteiger partial charge in [-0.1, -0.05) is 11.6 Å². The molecule has 1 amide bonds. The molecule has 0 bridgehead atoms. The molecule has 0 aromatic heterocycles. The van der Waals surface area contributed by atoms with Crippen LogP contribution in [0.3, 0.4) is 0 Å². The summed E-state index contributed by atoms with van der Waals surface area (Å²) in [6.45, 7) is 9.25. The minimum Gasteiger partial charge on any atom is -0.368 e. The van der Waals surface area contributed by atoms with Crippen LogP contribution in [0.1, 0.15) is 19.4 Å². The van der Waals surface area contributed by atoms with E-state index in [-0.39, 0.29) is 5.91 Å². The molecule has 6 heteroatoms. The Morgan fingerprint density at radius 3 is 2.48 bits per heavy atom. The number of benzene rings is 1. The van der Waals surface area contributed by atoms with Gasteiger partial charge in [-0.05, 0) is 32.0 Å². The average molecular weight is 335 g/mol. The number of hydrogen-bond donors (Lipinski definition) is 0. The lowest BCUT2D eigenvalue weighted by Crippen LogP contribution is -2.50. The van der Waals surface area contributed by atoms with Crippen LogP contribution >= 0.6 is 11.6 Å². The fourth-order valence-electron chi connectivity index (χ4n) is 2.89. The largest absolute Gasteiger partial charge is 0.368 e. The molecule has 2 rings (SSSR count). The van der Waals surface area contributed by atoms with Gasteiger partial charge < -0.3 is 9.80 Å². The molecule has 0 N–H and O–H groups in total. The molecular weight excluding hydrogens is 312 g/mol. The first-order valence-corrected chi connectivity index (χ1v) is 8.41. The van der Waals surface area contributed by atoms with Crippen molar-refractivity contribution >= 4 is 23.2 Å². The molecule has 0 radical (unpaired) electrons. The van der Waals surface area contributed by atoms with Gasteiger partial charge in [-0.15, -0.1) is 0 Å². The molecule has 1 heterocycles. The van der Waals surface area contributed by atoms with Crippen molar-refractivity contribution < 1.29 is 4.79 Å². The molecule has 1 saturated heterocycles. The smallest absolute Gasteiger partial charge is 0.236 e. The number of hydrogen-bond acceptors (Lipinski definition) is 4. The number of nitrogens with zero attached hydrogens (tertiary/aromatic N) is 4. The van der Waals surface area contributed by atoms with Gasteiger partial charge in [0.1, 0.15) is 6.07 Å². The summed E-state index contributed by atoms with van der Waals surface area (Å²) in [4.78, 5) is 18.4. The van der Waals surface area contributed by atoms with E-state index in [1.807, 2.05) is 30.9 Å². The van der Waals surface area contributed by atoms with Crippen LogP contribution in [0.15, 0.2) is 18.2 Å². The van der Waals surface area contributed by atoms with Gasteiger partial charge in [-0.2, -0.15) is 5.26 Å². The molecule has 1 aromatic carbocycles. The highest BCUT2D eigenvalue weighted by Gasteiger charge is 2.22. The van der Waals surface area contributed by atoms with Gasteiger partial charge in [0.15, 0.2) is 0 Å². The molecule has 0 unspecified atom stereocenters. The summed E-state index contributed by atoms with van der Waals surface area (Å²) in [5.74, 6) is 0.188. The summed E-state index contributed by atoms with van der Waals surface area (Å²) in [7, 11) is 0. The minimum atomic E-state index is 0.188. The van der Waals surface area contributed by atoms with Gasteiger partial charge in [0.25, 0.3) is 0 Å². The van der Waals surface area contributed by atoms with Crippen LogP contribution in [0, 0.1) is 11.3 Å². The Bertz CT molecular complexity index is 587. The number of carbonyl (C=O) groups is 1. The zero-order valence-corrected chi connectivity index (χ0v) is 14.5. The normalized spacial score (nSPS) is 15.3. The molecule has 124 valence electrons. The summed E-state index contributed by atoms with van der Waals surface area (Å²) in [5.41, 5.74) is 1.52. The van der Waals surface area contributed by atoms with Crippen molar-refractivity contribution in [1.29, 1.82) is 5.26 Å². The molecule has 1 aromatic rings. The van der Waals surface area contributed by atoms with E-state index in [9.17, 15) is 10.1 Å². The number of nitriles is 1. The average Bonchev–Trinajstić information content (AvgIpc) is 2.56. The van der Waals surface area contributed by atoms with Crippen molar-refractivity contribution in [3.63, 3.8) is 0 Å². The van der Waals surface area contributed by atoms with Crippen molar-refractivity contribution in [2.75, 3.05) is 50.7 Å². The van der Waals surface area contributed by atoms with E-state index in [1.54, 1.807) is 6.07 Å². The molecule has 23 heavy (non-hydrogen) atoms. The Labute approximate surface area is 143 Å². The van der Waals surface area contributed by atoms with Crippen molar-refractivity contribution in [2.24, 2.45) is 0 Å². The van der Waals surface area contributed by atoms with Crippen molar-refractivity contribution in [1.82, 2.24) is 9.80 Å². The van der Waals surface area contributed by atoms with E-state index >= 15 is 0 Å². The van der Waals surface area contributed by atoms with Crippen LogP contribution in [0.2, 0.25) is 5.02 Å². The number of amides is 1. The third-order valence-corrected chi connectivity index (χ3v) is 4.50. The summed E-state index contributed by atoms with van der Waals surface area (Å²) < 4.78 is 0. The summed E-state index contributed by atoms with van der Waals surface area (Å²) in [6.07, 6.45) is 0. The first-order chi connectivity index (χ1) is 11.1. The predicted molar refractivity (Wildman–Crippen MR) is 92.7 cm³/mol. The van der Waals surface area contributed by atoms with E-state index in [4.69, 9.17) is 11.6 Å². The van der Waals surface area contributed by atoms with E-state index in [2.05, 4.69) is 15.9 Å². The van der Waals surface area contributed by atoms with Crippen LogP contribution in [0.25, 0.3) is 0 Å². The van der Waals surface area contributed by atoms with Crippen LogP contribution in [-0.2, 0) is 4.79 Å². The van der Waals surface area contributed by atoms with Gasteiger partial charge >= 0.3 is 0 Å². The number of anilines is 1. The molecule has 0 atom stereocenters. The van der Waals surface area contributed by atoms with Crippen molar-refractivity contribution in [2.45, 2.75) is 13.8 Å². The Morgan fingerprint density at radius 2 is 1.91 bits per heavy atom. The zero-order chi connectivity index (χ0) is 16.8. The maximum Gasteiger partial charge on any atom is 0.236 e. The Kier molecular flexibility index (Phi) is 6.26. The molecular formula is C17H23ClN4O. The van der Waals surface area contributed by atoms with Gasteiger partial charge in [0.05, 0.1) is 17.8 Å². The van der Waals surface area contributed by atoms with Crippen molar-refractivity contribution in [3.8, 4) is 6.07 Å². The predicted octanol–water partition coefficient (Wildman–Crippen LogP) is 2.20. The number of halogens is 1. The van der Waals surface area contributed by atoms with Crippen molar-refractivity contribution in [3.05, 3.63) is 28.8 Å². The highest BCUT2D eigenvalue weighted by molar-refractivity contribution is 6.30. The van der Waals surface area contributed by atoms with E-state index in [0.29, 0.717) is 17.1 Å². The fraction of sp³-hybridized carbons (Fsp3) is 0.529. The van der Waals surface area contributed by atoms with E-state index in [0.717, 1.165) is 45.0 Å². The second kappa shape index (κ2) is 8.19.